The van der Waals surface area contributed by atoms with Crippen LogP contribution in [0.15, 0.2) is 47.6 Å². The van der Waals surface area contributed by atoms with Gasteiger partial charge in [-0.15, -0.1) is 0 Å². The van der Waals surface area contributed by atoms with Crippen molar-refractivity contribution in [1.82, 2.24) is 5.32 Å². The first-order valence-corrected chi connectivity index (χ1v) is 12.1. The molecule has 1 fully saturated rings. The molecule has 0 aromatic heterocycles. The number of ether oxygens (including phenoxy) is 2. The summed E-state index contributed by atoms with van der Waals surface area (Å²) >= 11 is 0. The van der Waals surface area contributed by atoms with E-state index in [4.69, 9.17) is 9.47 Å². The highest BCUT2D eigenvalue weighted by atomic mass is 16.6. The topological polar surface area (TPSA) is 139 Å². The molecule has 9 heteroatoms. The maximum absolute atomic E-state index is 13.7. The Balaban J connectivity index is 2.60. The zero-order valence-corrected chi connectivity index (χ0v) is 21.7. The van der Waals surface area contributed by atoms with Crippen LogP contribution in [0.2, 0.25) is 0 Å². The first-order chi connectivity index (χ1) is 16.7. The molecule has 7 atom stereocenters. The van der Waals surface area contributed by atoms with Crippen molar-refractivity contribution < 1.29 is 38.9 Å². The minimum Gasteiger partial charge on any atom is -0.461 e. The van der Waals surface area contributed by atoms with E-state index in [1.807, 2.05) is 13.0 Å². The predicted molar refractivity (Wildman–Crippen MR) is 132 cm³/mol. The number of aliphatic hydroxyl groups is 2. The Kier molecular flexibility index (Phi) is 9.95. The molecule has 2 heterocycles. The molecule has 3 N–H and O–H groups in total. The lowest BCUT2D eigenvalue weighted by molar-refractivity contribution is -0.182. The summed E-state index contributed by atoms with van der Waals surface area (Å²) in [4.78, 5) is 51.0. The molecule has 3 rings (SSSR count). The second-order valence-electron chi connectivity index (χ2n) is 9.72. The molecule has 3 aliphatic rings. The first kappa shape index (κ1) is 29.2. The lowest BCUT2D eigenvalue weighted by Gasteiger charge is -2.42. The van der Waals surface area contributed by atoms with Crippen molar-refractivity contribution in [2.45, 2.75) is 84.8 Å². The third-order valence-corrected chi connectivity index (χ3v) is 6.51. The zero-order valence-electron chi connectivity index (χ0n) is 21.7. The minimum atomic E-state index is -1.77. The highest BCUT2D eigenvalue weighted by molar-refractivity contribution is 6.08. The highest BCUT2D eigenvalue weighted by Crippen LogP contribution is 2.38. The van der Waals surface area contributed by atoms with Gasteiger partial charge in [-0.1, -0.05) is 48.5 Å². The molecular weight excluding hydrogens is 466 g/mol. The standard InChI is InChI=1S/C27H37NO8/c1-15-7-10-20(31)11-8-16(2)13-23(28-25(33)18(4)29)27(6)24(32)17(3)22(36-26(27)34)14-21(12-9-15)35-19(5)30/h7-9,11-13,17-18,20-23,29,31H,10,14H2,1-6H3,(H,28,33)/b11-8+,12-9-,15-7-,16-13-/t17-,18+,20+,21-,22-,23-,27+/m1/s1. The number of amides is 1. The van der Waals surface area contributed by atoms with Gasteiger partial charge in [0.2, 0.25) is 5.91 Å². The Labute approximate surface area is 211 Å². The van der Waals surface area contributed by atoms with Gasteiger partial charge in [0, 0.05) is 13.3 Å². The summed E-state index contributed by atoms with van der Waals surface area (Å²) in [7, 11) is 0. The Bertz CT molecular complexity index is 992. The lowest BCUT2D eigenvalue weighted by Crippen LogP contribution is -2.62. The average molecular weight is 504 g/mol. The Morgan fingerprint density at radius 3 is 2.44 bits per heavy atom. The molecule has 2 aliphatic heterocycles. The van der Waals surface area contributed by atoms with Crippen LogP contribution in [0.5, 0.6) is 0 Å². The Morgan fingerprint density at radius 1 is 1.19 bits per heavy atom. The van der Waals surface area contributed by atoms with Gasteiger partial charge in [0.25, 0.3) is 0 Å². The van der Waals surface area contributed by atoms with E-state index in [1.54, 1.807) is 38.2 Å². The van der Waals surface area contributed by atoms with Gasteiger partial charge in [-0.2, -0.15) is 0 Å². The molecule has 0 aromatic rings. The number of nitrogens with one attached hydrogen (secondary N) is 1. The molecule has 0 aromatic carbocycles. The van der Waals surface area contributed by atoms with Crippen molar-refractivity contribution in [3.05, 3.63) is 47.6 Å². The van der Waals surface area contributed by atoms with Gasteiger partial charge < -0.3 is 25.0 Å². The smallest absolute Gasteiger partial charge is 0.322 e. The Hall–Kier alpha value is -3.04. The number of esters is 2. The van der Waals surface area contributed by atoms with E-state index < -0.39 is 65.4 Å². The van der Waals surface area contributed by atoms with Gasteiger partial charge in [0.15, 0.2) is 5.78 Å². The molecule has 0 unspecified atom stereocenters. The van der Waals surface area contributed by atoms with Crippen LogP contribution in [0.3, 0.4) is 0 Å². The molecule has 36 heavy (non-hydrogen) atoms. The average Bonchev–Trinajstić information content (AvgIpc) is 2.80. The van der Waals surface area contributed by atoms with Gasteiger partial charge in [-0.25, -0.2) is 0 Å². The van der Waals surface area contributed by atoms with Crippen molar-refractivity contribution in [3.63, 3.8) is 0 Å². The van der Waals surface area contributed by atoms with Crippen LogP contribution in [0.1, 0.15) is 54.4 Å². The highest BCUT2D eigenvalue weighted by Gasteiger charge is 2.56. The fraction of sp³-hybridized carbons (Fsp3) is 0.556. The van der Waals surface area contributed by atoms with Crippen molar-refractivity contribution in [3.8, 4) is 0 Å². The molecule has 9 nitrogen and oxygen atoms in total. The van der Waals surface area contributed by atoms with Crippen LogP contribution in [0.4, 0.5) is 0 Å². The van der Waals surface area contributed by atoms with Gasteiger partial charge in [0.05, 0.1) is 18.1 Å². The number of hydrogen-bond acceptors (Lipinski definition) is 8. The van der Waals surface area contributed by atoms with Crippen molar-refractivity contribution in [1.29, 1.82) is 0 Å². The summed E-state index contributed by atoms with van der Waals surface area (Å²) < 4.78 is 11.1. The monoisotopic (exact) mass is 503 g/mol. The molecule has 1 saturated heterocycles. The summed E-state index contributed by atoms with van der Waals surface area (Å²) in [5, 5.41) is 22.7. The van der Waals surface area contributed by atoms with Crippen molar-refractivity contribution in [2.24, 2.45) is 11.3 Å². The number of aliphatic hydroxyl groups excluding tert-OH is 2. The van der Waals surface area contributed by atoms with Crippen molar-refractivity contribution in [2.75, 3.05) is 0 Å². The van der Waals surface area contributed by atoms with E-state index in [2.05, 4.69) is 5.32 Å². The number of fused-ring (bicyclic) bond motifs is 10. The summed E-state index contributed by atoms with van der Waals surface area (Å²) in [5.74, 6) is -3.31. The van der Waals surface area contributed by atoms with Crippen LogP contribution in [0.25, 0.3) is 0 Å². The van der Waals surface area contributed by atoms with Crippen LogP contribution in [-0.4, -0.2) is 64.3 Å². The molecule has 198 valence electrons. The van der Waals surface area contributed by atoms with Crippen LogP contribution in [-0.2, 0) is 28.7 Å². The maximum atomic E-state index is 13.7. The molecule has 2 bridgehead atoms. The van der Waals surface area contributed by atoms with Crippen molar-refractivity contribution >= 4 is 23.6 Å². The third kappa shape index (κ3) is 7.24. The van der Waals surface area contributed by atoms with Crippen LogP contribution in [0, 0.1) is 11.3 Å². The largest absolute Gasteiger partial charge is 0.461 e. The van der Waals surface area contributed by atoms with Gasteiger partial charge in [0.1, 0.15) is 23.7 Å². The summed E-state index contributed by atoms with van der Waals surface area (Å²) in [6.45, 7) is 9.13. The fourth-order valence-electron chi connectivity index (χ4n) is 4.17. The normalized spacial score (nSPS) is 37.3. The summed E-state index contributed by atoms with van der Waals surface area (Å²) in [6, 6.07) is -1.12. The van der Waals surface area contributed by atoms with Crippen LogP contribution < -0.4 is 5.32 Å². The number of allylic oxidation sites excluding steroid dienone is 4. The molecule has 0 saturated carbocycles. The molecule has 1 aliphatic carbocycles. The first-order valence-electron chi connectivity index (χ1n) is 12.1. The van der Waals surface area contributed by atoms with E-state index >= 15 is 0 Å². The van der Waals surface area contributed by atoms with Crippen LogP contribution >= 0.6 is 0 Å². The number of carbonyl (C=O) groups is 4. The van der Waals surface area contributed by atoms with E-state index in [0.29, 0.717) is 12.0 Å². The van der Waals surface area contributed by atoms with E-state index in [1.165, 1.54) is 26.8 Å². The second-order valence-corrected chi connectivity index (χ2v) is 9.72. The second kappa shape index (κ2) is 12.3. The van der Waals surface area contributed by atoms with Gasteiger partial charge >= 0.3 is 11.9 Å². The Morgan fingerprint density at radius 2 is 1.83 bits per heavy atom. The number of rotatable bonds is 3. The number of Topliss-reactive ketones (excluding diaryl/α,β-unsaturated/α-hetero) is 1. The number of ketones is 1. The minimum absolute atomic E-state index is 0.0713. The number of carbonyl (C=O) groups excluding carboxylic acids is 4. The van der Waals surface area contributed by atoms with Gasteiger partial charge in [-0.05, 0) is 40.2 Å². The molecule has 0 spiro atoms. The zero-order chi connectivity index (χ0) is 27.2. The number of hydrogen-bond donors (Lipinski definition) is 3. The maximum Gasteiger partial charge on any atom is 0.322 e. The summed E-state index contributed by atoms with van der Waals surface area (Å²) in [6.07, 6.45) is 6.59. The van der Waals surface area contributed by atoms with Gasteiger partial charge in [-0.3, -0.25) is 19.2 Å². The SMILES string of the molecule is CC(=O)O[C@@H]1/C=C\C(C)=C/C[C@H](O)/C=C/C(C)=C\[C@@H](NC(=O)[C@H](C)O)[C@]2(C)C(=O)O[C@H](C1)[C@@H](C)C2=O. The molecular formula is C27H37NO8. The summed E-state index contributed by atoms with van der Waals surface area (Å²) in [5.41, 5.74) is -0.358. The molecule has 0 radical (unpaired) electrons. The van der Waals surface area contributed by atoms with E-state index in [9.17, 15) is 29.4 Å². The quantitative estimate of drug-likeness (QED) is 0.393. The molecule has 1 amide bonds. The van der Waals surface area contributed by atoms with E-state index in [-0.39, 0.29) is 6.42 Å². The predicted octanol–water partition coefficient (Wildman–Crippen LogP) is 2.08. The third-order valence-electron chi connectivity index (χ3n) is 6.51. The lowest BCUT2D eigenvalue weighted by atomic mass is 9.69. The van der Waals surface area contributed by atoms with E-state index in [0.717, 1.165) is 5.57 Å². The fourth-order valence-corrected chi connectivity index (χ4v) is 4.17.